The molecule has 8 nitrogen and oxygen atoms in total. The van der Waals surface area contributed by atoms with Crippen molar-refractivity contribution in [1.82, 2.24) is 20.2 Å². The van der Waals surface area contributed by atoms with Crippen molar-refractivity contribution in [2.24, 2.45) is 4.99 Å². The molecule has 0 fully saturated rings. The number of aliphatic imine (C=N–C) groups is 1. The highest BCUT2D eigenvalue weighted by atomic mass is 127. The molecular formula is C22H29IN6O2. The van der Waals surface area contributed by atoms with Crippen molar-refractivity contribution in [3.05, 3.63) is 54.4 Å². The fourth-order valence-electron chi connectivity index (χ4n) is 3.16. The molecule has 31 heavy (non-hydrogen) atoms. The summed E-state index contributed by atoms with van der Waals surface area (Å²) in [5, 5.41) is 18.5. The van der Waals surface area contributed by atoms with Gasteiger partial charge in [0.2, 0.25) is 5.91 Å². The number of carbonyl (C=O) groups is 1. The third kappa shape index (κ3) is 7.12. The first-order chi connectivity index (χ1) is 14.6. The molecule has 0 atom stereocenters. The molecule has 0 aliphatic rings. The highest BCUT2D eigenvalue weighted by Crippen LogP contribution is 2.15. The van der Waals surface area contributed by atoms with Gasteiger partial charge in [-0.05, 0) is 56.7 Å². The minimum absolute atomic E-state index is 0. The highest BCUT2D eigenvalue weighted by molar-refractivity contribution is 14.0. The molecule has 0 saturated heterocycles. The molecule has 1 amide bonds. The molecular weight excluding hydrogens is 507 g/mol. The van der Waals surface area contributed by atoms with Crippen LogP contribution in [0.3, 0.4) is 0 Å². The quantitative estimate of drug-likeness (QED) is 0.116. The lowest BCUT2D eigenvalue weighted by Gasteiger charge is -2.12. The van der Waals surface area contributed by atoms with Crippen LogP contribution < -0.4 is 16.0 Å². The molecule has 1 heterocycles. The number of aryl methyl sites for hydroxylation is 2. The van der Waals surface area contributed by atoms with Gasteiger partial charge in [-0.1, -0.05) is 12.1 Å². The van der Waals surface area contributed by atoms with Crippen molar-refractivity contribution >= 4 is 52.6 Å². The van der Waals surface area contributed by atoms with Gasteiger partial charge in [-0.15, -0.1) is 24.0 Å². The van der Waals surface area contributed by atoms with Crippen molar-refractivity contribution in [2.75, 3.05) is 25.0 Å². The number of benzene rings is 2. The van der Waals surface area contributed by atoms with Gasteiger partial charge >= 0.3 is 0 Å². The van der Waals surface area contributed by atoms with Crippen LogP contribution >= 0.6 is 24.0 Å². The van der Waals surface area contributed by atoms with Crippen LogP contribution in [-0.4, -0.2) is 46.2 Å². The molecule has 0 unspecified atom stereocenters. The third-order valence-electron chi connectivity index (χ3n) is 4.57. The number of para-hydroxylation sites is 2. The van der Waals surface area contributed by atoms with Gasteiger partial charge in [-0.25, -0.2) is 9.98 Å². The fourth-order valence-corrected chi connectivity index (χ4v) is 3.16. The zero-order valence-electron chi connectivity index (χ0n) is 17.8. The molecule has 0 spiro atoms. The van der Waals surface area contributed by atoms with Crippen LogP contribution in [0.25, 0.3) is 11.0 Å². The van der Waals surface area contributed by atoms with Crippen LogP contribution in [0, 0.1) is 6.92 Å². The van der Waals surface area contributed by atoms with Gasteiger partial charge in [0.1, 0.15) is 18.1 Å². The van der Waals surface area contributed by atoms with Crippen LogP contribution in [0.1, 0.15) is 19.2 Å². The maximum atomic E-state index is 12.1. The summed E-state index contributed by atoms with van der Waals surface area (Å²) in [5.41, 5.74) is 2.77. The normalized spacial score (nSPS) is 11.1. The summed E-state index contributed by atoms with van der Waals surface area (Å²) in [6, 6.07) is 14.5. The predicted molar refractivity (Wildman–Crippen MR) is 135 cm³/mol. The number of hydrogen-bond donors (Lipinski definition) is 4. The molecule has 4 N–H and O–H groups in total. The highest BCUT2D eigenvalue weighted by Gasteiger charge is 2.07. The molecule has 1 aromatic heterocycles. The zero-order valence-corrected chi connectivity index (χ0v) is 20.1. The summed E-state index contributed by atoms with van der Waals surface area (Å²) in [7, 11) is 0. The van der Waals surface area contributed by atoms with Gasteiger partial charge in [0.05, 0.1) is 11.0 Å². The Labute approximate surface area is 199 Å². The number of anilines is 1. The first-order valence-electron chi connectivity index (χ1n) is 10.1. The second-order valence-corrected chi connectivity index (χ2v) is 6.87. The van der Waals surface area contributed by atoms with E-state index in [1.54, 1.807) is 12.1 Å². The number of aromatic hydroxyl groups is 1. The number of aromatic nitrogens is 2. The van der Waals surface area contributed by atoms with Gasteiger partial charge in [-0.3, -0.25) is 4.79 Å². The minimum atomic E-state index is -0.224. The minimum Gasteiger partial charge on any atom is -0.508 e. The SMILES string of the molecule is CCNC(=NCC(=O)Nc1ccc(O)cc1)NCCCn1c(C)nc2ccccc21.I. The van der Waals surface area contributed by atoms with Crippen molar-refractivity contribution < 1.29 is 9.90 Å². The molecule has 0 bridgehead atoms. The first kappa shape index (κ1) is 24.4. The number of imidazole rings is 1. The predicted octanol–water partition coefficient (Wildman–Crippen LogP) is 3.25. The van der Waals surface area contributed by atoms with E-state index in [9.17, 15) is 9.90 Å². The van der Waals surface area contributed by atoms with E-state index < -0.39 is 0 Å². The summed E-state index contributed by atoms with van der Waals surface area (Å²) in [6.45, 7) is 6.27. The summed E-state index contributed by atoms with van der Waals surface area (Å²) >= 11 is 0. The molecule has 166 valence electrons. The Bertz CT molecular complexity index is 1020. The Morgan fingerprint density at radius 2 is 1.87 bits per heavy atom. The molecule has 0 saturated carbocycles. The lowest BCUT2D eigenvalue weighted by atomic mass is 10.3. The van der Waals surface area contributed by atoms with Crippen LogP contribution in [0.4, 0.5) is 5.69 Å². The Hall–Kier alpha value is -2.82. The third-order valence-corrected chi connectivity index (χ3v) is 4.57. The van der Waals surface area contributed by atoms with Gasteiger partial charge in [-0.2, -0.15) is 0 Å². The van der Waals surface area contributed by atoms with Crippen LogP contribution in [0.5, 0.6) is 5.75 Å². The summed E-state index contributed by atoms with van der Waals surface area (Å²) in [6.07, 6.45) is 0.894. The number of rotatable bonds is 8. The van der Waals surface area contributed by atoms with Crippen LogP contribution in [0.2, 0.25) is 0 Å². The zero-order chi connectivity index (χ0) is 21.3. The maximum absolute atomic E-state index is 12.1. The number of phenolic OH excluding ortho intramolecular Hbond substituents is 1. The van der Waals surface area contributed by atoms with Crippen LogP contribution in [0.15, 0.2) is 53.5 Å². The summed E-state index contributed by atoms with van der Waals surface area (Å²) in [5.74, 6) is 1.54. The van der Waals surface area contributed by atoms with Gasteiger partial charge < -0.3 is 25.6 Å². The van der Waals surface area contributed by atoms with E-state index in [1.165, 1.54) is 12.1 Å². The maximum Gasteiger partial charge on any atom is 0.246 e. The number of guanidine groups is 1. The molecule has 0 radical (unpaired) electrons. The number of hydrogen-bond acceptors (Lipinski definition) is 4. The molecule has 2 aromatic carbocycles. The van der Waals surface area contributed by atoms with E-state index in [0.717, 1.165) is 36.4 Å². The number of phenols is 1. The molecule has 3 rings (SSSR count). The van der Waals surface area contributed by atoms with Gasteiger partial charge in [0.25, 0.3) is 0 Å². The van der Waals surface area contributed by atoms with Crippen molar-refractivity contribution in [1.29, 1.82) is 0 Å². The van der Waals surface area contributed by atoms with E-state index in [2.05, 4.69) is 36.6 Å². The average Bonchev–Trinajstić information content (AvgIpc) is 3.06. The van der Waals surface area contributed by atoms with E-state index in [1.807, 2.05) is 32.0 Å². The van der Waals surface area contributed by atoms with Gasteiger partial charge in [0.15, 0.2) is 5.96 Å². The number of carbonyl (C=O) groups excluding carboxylic acids is 1. The first-order valence-corrected chi connectivity index (χ1v) is 10.1. The Morgan fingerprint density at radius 1 is 1.13 bits per heavy atom. The van der Waals surface area contributed by atoms with E-state index in [0.29, 0.717) is 18.2 Å². The number of fused-ring (bicyclic) bond motifs is 1. The van der Waals surface area contributed by atoms with E-state index in [-0.39, 0.29) is 42.2 Å². The molecule has 9 heteroatoms. The number of nitrogens with zero attached hydrogens (tertiary/aromatic N) is 3. The summed E-state index contributed by atoms with van der Waals surface area (Å²) in [4.78, 5) is 21.0. The second kappa shape index (κ2) is 12.1. The topological polar surface area (TPSA) is 104 Å². The lowest BCUT2D eigenvalue weighted by Crippen LogP contribution is -2.38. The summed E-state index contributed by atoms with van der Waals surface area (Å²) < 4.78 is 2.21. The Balaban J connectivity index is 0.00000341. The van der Waals surface area contributed by atoms with Crippen molar-refractivity contribution in [3.8, 4) is 5.75 Å². The Morgan fingerprint density at radius 3 is 2.61 bits per heavy atom. The second-order valence-electron chi connectivity index (χ2n) is 6.87. The fraction of sp³-hybridized carbons (Fsp3) is 0.318. The molecule has 3 aromatic rings. The van der Waals surface area contributed by atoms with Gasteiger partial charge in [0, 0.05) is 25.3 Å². The van der Waals surface area contributed by atoms with Crippen molar-refractivity contribution in [3.63, 3.8) is 0 Å². The van der Waals surface area contributed by atoms with E-state index >= 15 is 0 Å². The largest absolute Gasteiger partial charge is 0.508 e. The number of halogens is 1. The van der Waals surface area contributed by atoms with Crippen LogP contribution in [-0.2, 0) is 11.3 Å². The molecule has 0 aliphatic heterocycles. The Kier molecular flexibility index (Phi) is 9.57. The number of amides is 1. The lowest BCUT2D eigenvalue weighted by molar-refractivity contribution is -0.114. The average molecular weight is 536 g/mol. The van der Waals surface area contributed by atoms with E-state index in [4.69, 9.17) is 0 Å². The monoisotopic (exact) mass is 536 g/mol. The van der Waals surface area contributed by atoms with Crippen molar-refractivity contribution in [2.45, 2.75) is 26.8 Å². The standard InChI is InChI=1S/C22H28N6O2.HI/c1-3-23-22(25-15-21(30)27-17-9-11-18(29)12-10-17)24-13-6-14-28-16(2)26-19-7-4-5-8-20(19)28;/h4-5,7-12,29H,3,6,13-15H2,1-2H3,(H,27,30)(H2,23,24,25);1H. The smallest absolute Gasteiger partial charge is 0.246 e. The number of nitrogens with one attached hydrogen (secondary N) is 3. The molecule has 0 aliphatic carbocycles.